The number of aliphatic hydroxyl groups is 7. The third-order valence-electron chi connectivity index (χ3n) is 13.2. The second kappa shape index (κ2) is 45.6. The molecule has 2 rings (SSSR count). The van der Waals surface area contributed by atoms with Crippen LogP contribution >= 0.6 is 0 Å². The van der Waals surface area contributed by atoms with E-state index in [1.807, 2.05) is 0 Å². The molecule has 2 aliphatic rings. The van der Waals surface area contributed by atoms with Crippen LogP contribution in [0.2, 0.25) is 0 Å². The molecule has 0 aromatic heterocycles. The highest BCUT2D eigenvalue weighted by Crippen LogP contribution is 2.26. The summed E-state index contributed by atoms with van der Waals surface area (Å²) < 4.78 is 34.4. The quantitative estimate of drug-likeness (QED) is 0.0172. The summed E-state index contributed by atoms with van der Waals surface area (Å²) in [4.78, 5) is 13.1. The molecule has 0 saturated carbocycles. The van der Waals surface area contributed by atoms with Gasteiger partial charge in [-0.2, -0.15) is 0 Å². The Hall–Kier alpha value is -2.57. The molecule has 2 aliphatic heterocycles. The van der Waals surface area contributed by atoms with Gasteiger partial charge in [-0.3, -0.25) is 4.79 Å². The van der Waals surface area contributed by atoms with Gasteiger partial charge in [-0.1, -0.05) is 177 Å². The molecule has 0 amide bonds. The van der Waals surface area contributed by atoms with E-state index in [4.69, 9.17) is 28.4 Å². The van der Waals surface area contributed by atoms with Crippen LogP contribution in [0.15, 0.2) is 72.9 Å². The Morgan fingerprint density at radius 3 is 1.41 bits per heavy atom. The third-order valence-corrected chi connectivity index (χ3v) is 13.2. The van der Waals surface area contributed by atoms with Gasteiger partial charge < -0.3 is 64.2 Å². The summed E-state index contributed by atoms with van der Waals surface area (Å²) in [5.41, 5.74) is 0. The molecule has 0 aromatic carbocycles. The normalized spacial score (nSPS) is 25.5. The van der Waals surface area contributed by atoms with Crippen molar-refractivity contribution in [3.05, 3.63) is 72.9 Å². The molecule has 73 heavy (non-hydrogen) atoms. The summed E-state index contributed by atoms with van der Waals surface area (Å²) in [7, 11) is 0. The van der Waals surface area contributed by atoms with Gasteiger partial charge in [-0.05, 0) is 83.5 Å². The Labute approximate surface area is 440 Å². The first kappa shape index (κ1) is 66.5. The molecule has 14 heteroatoms. The minimum absolute atomic E-state index is 0.0465. The van der Waals surface area contributed by atoms with Crippen molar-refractivity contribution in [1.29, 1.82) is 0 Å². The Bertz CT molecular complexity index is 1480. The molecule has 11 unspecified atom stereocenters. The van der Waals surface area contributed by atoms with Crippen LogP contribution in [0, 0.1) is 0 Å². The molecule has 2 fully saturated rings. The van der Waals surface area contributed by atoms with Crippen molar-refractivity contribution in [3.63, 3.8) is 0 Å². The fourth-order valence-electron chi connectivity index (χ4n) is 8.60. The van der Waals surface area contributed by atoms with Crippen molar-refractivity contribution < 1.29 is 69.0 Å². The van der Waals surface area contributed by atoms with E-state index in [-0.39, 0.29) is 25.6 Å². The van der Waals surface area contributed by atoms with E-state index in [1.165, 1.54) is 70.6 Å². The highest BCUT2D eigenvalue weighted by molar-refractivity contribution is 5.69. The number of aliphatic hydroxyl groups excluding tert-OH is 7. The van der Waals surface area contributed by atoms with Gasteiger partial charge in [0.25, 0.3) is 0 Å². The van der Waals surface area contributed by atoms with E-state index in [0.29, 0.717) is 13.0 Å². The van der Waals surface area contributed by atoms with Crippen LogP contribution in [0.3, 0.4) is 0 Å². The summed E-state index contributed by atoms with van der Waals surface area (Å²) in [5.74, 6) is -0.388. The van der Waals surface area contributed by atoms with Crippen LogP contribution in [0.4, 0.5) is 0 Å². The molecule has 422 valence electrons. The first-order valence-electron chi connectivity index (χ1n) is 28.5. The molecule has 0 bridgehead atoms. The number of esters is 1. The number of carbonyl (C=O) groups excluding carboxylic acids is 1. The van der Waals surface area contributed by atoms with Gasteiger partial charge in [0.1, 0.15) is 54.9 Å². The number of unbranched alkanes of at least 4 members (excludes halogenated alkanes) is 19. The number of ether oxygens (including phenoxy) is 6. The van der Waals surface area contributed by atoms with E-state index < -0.39 is 80.7 Å². The molecule has 0 aliphatic carbocycles. The molecule has 7 N–H and O–H groups in total. The fraction of sp³-hybridized carbons (Fsp3) is 0.780. The Balaban J connectivity index is 1.74. The van der Waals surface area contributed by atoms with Gasteiger partial charge in [0, 0.05) is 13.0 Å². The standard InChI is InChI=1S/C59H102O14/c1-3-5-7-9-11-13-15-17-19-21-22-23-24-25-27-29-31-33-35-37-39-41-43-68-45-48(71-51(61)42-40-38-36-34-32-30-28-26-20-18-16-14-12-10-8-6-4-2)46-69-58-57(67)55(65)53(63)50(73-58)47-70-59-56(66)54(64)52(62)49(44-60)72-59/h5,7,11,13,17-20,22-23,25,27,48-50,52-60,62-67H,3-4,6,8-10,12,14-16,21,24,26,28-47H2,1-2H3/b7-5-,13-11-,19-17-,20-18-,23-22-,27-25-. The Kier molecular flexibility index (Phi) is 41.6. The van der Waals surface area contributed by atoms with Gasteiger partial charge in [0.05, 0.1) is 26.4 Å². The van der Waals surface area contributed by atoms with Crippen LogP contribution in [-0.4, -0.2) is 142 Å². The Morgan fingerprint density at radius 1 is 0.466 bits per heavy atom. The minimum atomic E-state index is -1.71. The number of allylic oxidation sites excluding steroid dienone is 12. The van der Waals surface area contributed by atoms with Crippen molar-refractivity contribution in [2.24, 2.45) is 0 Å². The summed E-state index contributed by atoms with van der Waals surface area (Å²) >= 11 is 0. The lowest BCUT2D eigenvalue weighted by atomic mass is 9.98. The number of rotatable bonds is 45. The van der Waals surface area contributed by atoms with E-state index in [9.17, 15) is 40.5 Å². The van der Waals surface area contributed by atoms with Gasteiger partial charge >= 0.3 is 5.97 Å². The smallest absolute Gasteiger partial charge is 0.306 e. The predicted octanol–water partition coefficient (Wildman–Crippen LogP) is 9.86. The van der Waals surface area contributed by atoms with Crippen LogP contribution in [-0.2, 0) is 33.2 Å². The molecule has 2 heterocycles. The maximum absolute atomic E-state index is 13.1. The predicted molar refractivity (Wildman–Crippen MR) is 289 cm³/mol. The van der Waals surface area contributed by atoms with E-state index in [1.54, 1.807) is 0 Å². The van der Waals surface area contributed by atoms with Crippen LogP contribution < -0.4 is 0 Å². The van der Waals surface area contributed by atoms with Crippen LogP contribution in [0.25, 0.3) is 0 Å². The number of hydrogen-bond acceptors (Lipinski definition) is 14. The zero-order valence-corrected chi connectivity index (χ0v) is 45.1. The molecule has 11 atom stereocenters. The second-order valence-electron chi connectivity index (χ2n) is 19.7. The highest BCUT2D eigenvalue weighted by atomic mass is 16.7. The van der Waals surface area contributed by atoms with Crippen molar-refractivity contribution in [2.75, 3.05) is 33.0 Å². The fourth-order valence-corrected chi connectivity index (χ4v) is 8.60. The number of carbonyl (C=O) groups is 1. The Morgan fingerprint density at radius 2 is 0.890 bits per heavy atom. The summed E-state index contributed by atoms with van der Waals surface area (Å²) in [6.07, 6.45) is 41.0. The maximum Gasteiger partial charge on any atom is 0.306 e. The average molecular weight is 1040 g/mol. The average Bonchev–Trinajstić information content (AvgIpc) is 3.39. The SMILES string of the molecule is CC/C=C\C/C=C\C/C=C\C/C=C\C/C=C\CCCCCCCCOCC(COC1OC(COC2OC(CO)C(O)C(O)C2O)C(O)C(O)C1O)OC(=O)CCCCCCCCC/C=C\CCCCCCCC. The lowest BCUT2D eigenvalue weighted by Gasteiger charge is -2.42. The lowest BCUT2D eigenvalue weighted by molar-refractivity contribution is -0.332. The van der Waals surface area contributed by atoms with Gasteiger partial charge in [-0.25, -0.2) is 0 Å². The van der Waals surface area contributed by atoms with Gasteiger partial charge in [0.15, 0.2) is 12.6 Å². The van der Waals surface area contributed by atoms with E-state index in [2.05, 4.69) is 86.8 Å². The zero-order chi connectivity index (χ0) is 53.0. The van der Waals surface area contributed by atoms with Crippen molar-refractivity contribution in [3.8, 4) is 0 Å². The molecular weight excluding hydrogens is 933 g/mol. The monoisotopic (exact) mass is 1030 g/mol. The van der Waals surface area contributed by atoms with Crippen molar-refractivity contribution in [2.45, 2.75) is 261 Å². The molecule has 14 nitrogen and oxygen atoms in total. The lowest BCUT2D eigenvalue weighted by Crippen LogP contribution is -2.61. The second-order valence-corrected chi connectivity index (χ2v) is 19.7. The first-order valence-corrected chi connectivity index (χ1v) is 28.5. The molecule has 0 radical (unpaired) electrons. The van der Waals surface area contributed by atoms with Crippen LogP contribution in [0.5, 0.6) is 0 Å². The number of hydrogen-bond donors (Lipinski definition) is 7. The first-order chi connectivity index (χ1) is 35.6. The largest absolute Gasteiger partial charge is 0.457 e. The van der Waals surface area contributed by atoms with E-state index in [0.717, 1.165) is 96.3 Å². The van der Waals surface area contributed by atoms with Gasteiger partial charge in [0.2, 0.25) is 0 Å². The van der Waals surface area contributed by atoms with Crippen molar-refractivity contribution >= 4 is 5.97 Å². The molecule has 2 saturated heterocycles. The molecule has 0 spiro atoms. The van der Waals surface area contributed by atoms with Crippen molar-refractivity contribution in [1.82, 2.24) is 0 Å². The van der Waals surface area contributed by atoms with E-state index >= 15 is 0 Å². The zero-order valence-electron chi connectivity index (χ0n) is 45.1. The summed E-state index contributed by atoms with van der Waals surface area (Å²) in [6.45, 7) is 3.53. The summed E-state index contributed by atoms with van der Waals surface area (Å²) in [6, 6.07) is 0. The third kappa shape index (κ3) is 32.6. The summed E-state index contributed by atoms with van der Waals surface area (Å²) in [5, 5.41) is 72.3. The maximum atomic E-state index is 13.1. The minimum Gasteiger partial charge on any atom is -0.457 e. The van der Waals surface area contributed by atoms with Crippen LogP contribution in [0.1, 0.15) is 194 Å². The molecular formula is C59H102O14. The topological polar surface area (TPSA) is 214 Å². The molecule has 0 aromatic rings. The highest BCUT2D eigenvalue weighted by Gasteiger charge is 2.47. The van der Waals surface area contributed by atoms with Gasteiger partial charge in [-0.15, -0.1) is 0 Å².